The fourth-order valence-corrected chi connectivity index (χ4v) is 3.45. The van der Waals surface area contributed by atoms with Gasteiger partial charge in [-0.2, -0.15) is 13.2 Å². The van der Waals surface area contributed by atoms with Crippen molar-refractivity contribution in [3.05, 3.63) is 0 Å². The van der Waals surface area contributed by atoms with Gasteiger partial charge in [-0.1, -0.05) is 0 Å². The summed E-state index contributed by atoms with van der Waals surface area (Å²) in [5, 5.41) is 6.74. The summed E-state index contributed by atoms with van der Waals surface area (Å²) in [6, 6.07) is 0.456. The molecule has 2 aliphatic rings. The third-order valence-corrected chi connectivity index (χ3v) is 4.76. The first kappa shape index (κ1) is 17.0. The Morgan fingerprint density at radius 3 is 2.14 bits per heavy atom. The van der Waals surface area contributed by atoms with Crippen LogP contribution in [0.15, 0.2) is 0 Å². The van der Waals surface area contributed by atoms with Gasteiger partial charge in [0.05, 0.1) is 5.92 Å². The lowest BCUT2D eigenvalue weighted by atomic mass is 9.79. The number of halogens is 3. The van der Waals surface area contributed by atoms with Crippen LogP contribution in [0.25, 0.3) is 0 Å². The first-order valence-corrected chi connectivity index (χ1v) is 7.85. The van der Waals surface area contributed by atoms with E-state index in [-0.39, 0.29) is 30.5 Å². The molecule has 3 atom stereocenters. The van der Waals surface area contributed by atoms with Crippen LogP contribution in [0.2, 0.25) is 0 Å². The van der Waals surface area contributed by atoms with Gasteiger partial charge in [0.25, 0.3) is 0 Å². The Bertz CT molecular complexity index is 347. The molecule has 0 aromatic carbocycles. The third kappa shape index (κ3) is 4.33. The van der Waals surface area contributed by atoms with Crippen LogP contribution in [0.5, 0.6) is 0 Å². The Kier molecular flexibility index (Phi) is 4.90. The number of nitrogens with one attached hydrogen (secondary N) is 2. The topological polar surface area (TPSA) is 27.3 Å². The predicted octanol–water partition coefficient (Wildman–Crippen LogP) is 2.38. The van der Waals surface area contributed by atoms with E-state index in [9.17, 15) is 13.2 Å². The summed E-state index contributed by atoms with van der Waals surface area (Å²) in [7, 11) is 1.98. The molecule has 1 saturated heterocycles. The smallest absolute Gasteiger partial charge is 0.314 e. The average Bonchev–Trinajstić information content (AvgIpc) is 2.23. The molecule has 0 radical (unpaired) electrons. The van der Waals surface area contributed by atoms with Crippen LogP contribution in [0.4, 0.5) is 13.2 Å². The van der Waals surface area contributed by atoms with Crippen LogP contribution >= 0.6 is 0 Å². The lowest BCUT2D eigenvalue weighted by Crippen LogP contribution is -2.65. The van der Waals surface area contributed by atoms with Gasteiger partial charge in [-0.3, -0.25) is 4.90 Å². The number of likely N-dealkylation sites (N-methyl/N-ethyl adjacent to an activating group) is 1. The summed E-state index contributed by atoms with van der Waals surface area (Å²) in [6.07, 6.45) is -3.02. The molecule has 0 aromatic heterocycles. The first-order valence-electron chi connectivity index (χ1n) is 7.85. The van der Waals surface area contributed by atoms with Crippen molar-refractivity contribution in [2.45, 2.75) is 69.9 Å². The van der Waals surface area contributed by atoms with Crippen LogP contribution in [0, 0.1) is 5.92 Å². The van der Waals surface area contributed by atoms with Crippen molar-refractivity contribution >= 4 is 0 Å². The molecule has 6 heteroatoms. The van der Waals surface area contributed by atoms with E-state index in [4.69, 9.17) is 0 Å². The molecule has 0 bridgehead atoms. The zero-order chi connectivity index (χ0) is 15.8. The van der Waals surface area contributed by atoms with E-state index in [0.717, 1.165) is 13.1 Å². The lowest BCUT2D eigenvalue weighted by Gasteiger charge is -2.48. The highest BCUT2D eigenvalue weighted by atomic mass is 19.4. The first-order chi connectivity index (χ1) is 9.58. The maximum Gasteiger partial charge on any atom is 0.391 e. The number of alkyl halides is 3. The fraction of sp³-hybridized carbons (Fsp3) is 1.00. The summed E-state index contributed by atoms with van der Waals surface area (Å²) in [6.45, 7) is 7.98. The van der Waals surface area contributed by atoms with Crippen LogP contribution < -0.4 is 10.6 Å². The number of nitrogens with zero attached hydrogens (tertiary/aromatic N) is 1. The van der Waals surface area contributed by atoms with Gasteiger partial charge in [0, 0.05) is 36.8 Å². The standard InChI is InChI=1S/C15H28F3N3/c1-14(2,3)20-12-6-5-10(15(16,17)18)7-13(12)21(4)11-8-19-9-11/h10-13,19-20H,5-9H2,1-4H3/t10-,12-,13-/m0/s1. The fourth-order valence-electron chi connectivity index (χ4n) is 3.45. The maximum atomic E-state index is 13.1. The molecule has 3 nitrogen and oxygen atoms in total. The molecule has 0 amide bonds. The van der Waals surface area contributed by atoms with E-state index in [0.29, 0.717) is 12.5 Å². The van der Waals surface area contributed by atoms with Gasteiger partial charge in [-0.15, -0.1) is 0 Å². The van der Waals surface area contributed by atoms with Gasteiger partial charge in [-0.25, -0.2) is 0 Å². The Labute approximate surface area is 125 Å². The zero-order valence-corrected chi connectivity index (χ0v) is 13.4. The minimum absolute atomic E-state index is 0.0447. The highest BCUT2D eigenvalue weighted by Crippen LogP contribution is 2.39. The number of rotatable bonds is 3. The summed E-state index contributed by atoms with van der Waals surface area (Å²) in [5.74, 6) is -1.16. The molecule has 2 N–H and O–H groups in total. The van der Waals surface area contributed by atoms with Gasteiger partial charge in [0.1, 0.15) is 0 Å². The van der Waals surface area contributed by atoms with E-state index in [1.54, 1.807) is 0 Å². The summed E-state index contributed by atoms with van der Waals surface area (Å²) in [5.41, 5.74) is -0.0767. The maximum absolute atomic E-state index is 13.1. The van der Waals surface area contributed by atoms with Crippen molar-refractivity contribution in [3.63, 3.8) is 0 Å². The third-order valence-electron chi connectivity index (χ3n) is 4.76. The highest BCUT2D eigenvalue weighted by molar-refractivity contribution is 4.98. The Morgan fingerprint density at radius 1 is 1.10 bits per heavy atom. The molecule has 0 spiro atoms. The van der Waals surface area contributed by atoms with E-state index in [2.05, 4.69) is 36.3 Å². The van der Waals surface area contributed by atoms with Crippen molar-refractivity contribution in [1.82, 2.24) is 15.5 Å². The van der Waals surface area contributed by atoms with Gasteiger partial charge in [0.2, 0.25) is 0 Å². The SMILES string of the molecule is CN(C1CNC1)[C@H]1C[C@@H](C(F)(F)F)CC[C@@H]1NC(C)(C)C. The van der Waals surface area contributed by atoms with E-state index >= 15 is 0 Å². The summed E-state index contributed by atoms with van der Waals surface area (Å²) >= 11 is 0. The van der Waals surface area contributed by atoms with Gasteiger partial charge < -0.3 is 10.6 Å². The minimum Gasteiger partial charge on any atom is -0.314 e. The molecule has 1 saturated carbocycles. The molecule has 2 fully saturated rings. The second-order valence-corrected chi connectivity index (χ2v) is 7.60. The summed E-state index contributed by atoms with van der Waals surface area (Å²) < 4.78 is 39.3. The van der Waals surface area contributed by atoms with Crippen LogP contribution in [0.1, 0.15) is 40.0 Å². The van der Waals surface area contributed by atoms with E-state index in [1.807, 2.05) is 7.05 Å². The van der Waals surface area contributed by atoms with Gasteiger partial charge in [-0.05, 0) is 47.1 Å². The molecular weight excluding hydrogens is 279 g/mol. The van der Waals surface area contributed by atoms with E-state index in [1.165, 1.54) is 0 Å². The monoisotopic (exact) mass is 307 g/mol. The quantitative estimate of drug-likeness (QED) is 0.838. The molecule has 124 valence electrons. The van der Waals surface area contributed by atoms with Crippen molar-refractivity contribution in [1.29, 1.82) is 0 Å². The van der Waals surface area contributed by atoms with Gasteiger partial charge >= 0.3 is 6.18 Å². The van der Waals surface area contributed by atoms with Crippen LogP contribution in [-0.2, 0) is 0 Å². The summed E-state index contributed by atoms with van der Waals surface area (Å²) in [4.78, 5) is 2.16. The molecule has 2 rings (SSSR count). The predicted molar refractivity (Wildman–Crippen MR) is 78.3 cm³/mol. The number of hydrogen-bond donors (Lipinski definition) is 2. The van der Waals surface area contributed by atoms with Crippen molar-refractivity contribution in [3.8, 4) is 0 Å². The molecule has 1 aliphatic carbocycles. The lowest BCUT2D eigenvalue weighted by molar-refractivity contribution is -0.189. The van der Waals surface area contributed by atoms with Crippen LogP contribution in [0.3, 0.4) is 0 Å². The van der Waals surface area contributed by atoms with Crippen molar-refractivity contribution < 1.29 is 13.2 Å². The Balaban J connectivity index is 2.09. The largest absolute Gasteiger partial charge is 0.391 e. The molecule has 1 aliphatic heterocycles. The molecule has 21 heavy (non-hydrogen) atoms. The van der Waals surface area contributed by atoms with Gasteiger partial charge in [0.15, 0.2) is 0 Å². The molecule has 0 aromatic rings. The van der Waals surface area contributed by atoms with E-state index < -0.39 is 12.1 Å². The highest BCUT2D eigenvalue weighted by Gasteiger charge is 2.47. The normalized spacial score (nSPS) is 32.3. The molecular formula is C15H28F3N3. The van der Waals surface area contributed by atoms with Crippen molar-refractivity contribution in [2.75, 3.05) is 20.1 Å². The Morgan fingerprint density at radius 2 is 1.71 bits per heavy atom. The second-order valence-electron chi connectivity index (χ2n) is 7.60. The zero-order valence-electron chi connectivity index (χ0n) is 13.4. The average molecular weight is 307 g/mol. The molecule has 0 unspecified atom stereocenters. The molecule has 1 heterocycles. The van der Waals surface area contributed by atoms with Crippen molar-refractivity contribution in [2.24, 2.45) is 5.92 Å². The number of hydrogen-bond acceptors (Lipinski definition) is 3. The Hall–Kier alpha value is -0.330. The second kappa shape index (κ2) is 6.05. The van der Waals surface area contributed by atoms with Crippen LogP contribution in [-0.4, -0.2) is 54.9 Å². The minimum atomic E-state index is -4.07.